The van der Waals surface area contributed by atoms with Crippen LogP contribution in [0.5, 0.6) is 0 Å². The zero-order valence-corrected chi connectivity index (χ0v) is 12.1. The molecule has 1 atom stereocenters. The molecule has 4 heteroatoms. The third-order valence-corrected chi connectivity index (χ3v) is 3.60. The average molecular weight is 274 g/mol. The highest BCUT2D eigenvalue weighted by Crippen LogP contribution is 2.29. The lowest BCUT2D eigenvalue weighted by Crippen LogP contribution is -2.26. The number of methoxy groups -OCH3 is 1. The van der Waals surface area contributed by atoms with Crippen LogP contribution in [0.3, 0.4) is 0 Å². The van der Waals surface area contributed by atoms with Gasteiger partial charge in [0, 0.05) is 18.2 Å². The topological polar surface area (TPSA) is 21.3 Å². The highest BCUT2D eigenvalue weighted by molar-refractivity contribution is 6.31. The van der Waals surface area contributed by atoms with Crippen molar-refractivity contribution in [1.82, 2.24) is 5.32 Å². The lowest BCUT2D eigenvalue weighted by molar-refractivity contribution is 0.0118. The molecular formula is C14H21ClFNO. The summed E-state index contributed by atoms with van der Waals surface area (Å²) in [5.41, 5.74) is 0.759. The highest BCUT2D eigenvalue weighted by atomic mass is 35.5. The van der Waals surface area contributed by atoms with E-state index in [0.29, 0.717) is 5.02 Å². The largest absolute Gasteiger partial charge is 0.379 e. The first-order valence-corrected chi connectivity index (χ1v) is 6.45. The second kappa shape index (κ2) is 6.50. The van der Waals surface area contributed by atoms with Gasteiger partial charge in [-0.05, 0) is 51.4 Å². The van der Waals surface area contributed by atoms with Gasteiger partial charge in [-0.15, -0.1) is 0 Å². The fourth-order valence-corrected chi connectivity index (χ4v) is 2.13. The van der Waals surface area contributed by atoms with Crippen molar-refractivity contribution in [3.63, 3.8) is 0 Å². The van der Waals surface area contributed by atoms with Gasteiger partial charge >= 0.3 is 0 Å². The molecule has 1 unspecified atom stereocenters. The molecule has 0 bridgehead atoms. The number of benzene rings is 1. The van der Waals surface area contributed by atoms with Gasteiger partial charge in [0.15, 0.2) is 0 Å². The van der Waals surface area contributed by atoms with Gasteiger partial charge in [-0.1, -0.05) is 17.7 Å². The van der Waals surface area contributed by atoms with Crippen LogP contribution in [-0.2, 0) is 4.74 Å². The number of ether oxygens (including phenoxy) is 1. The van der Waals surface area contributed by atoms with Gasteiger partial charge in [0.25, 0.3) is 0 Å². The van der Waals surface area contributed by atoms with Gasteiger partial charge < -0.3 is 10.1 Å². The lowest BCUT2D eigenvalue weighted by Gasteiger charge is -2.26. The molecule has 0 aromatic heterocycles. The molecule has 0 fully saturated rings. The monoisotopic (exact) mass is 273 g/mol. The number of rotatable bonds is 6. The fraction of sp³-hybridized carbons (Fsp3) is 0.571. The Balaban J connectivity index is 2.77. The van der Waals surface area contributed by atoms with Crippen LogP contribution in [0.4, 0.5) is 4.39 Å². The zero-order valence-electron chi connectivity index (χ0n) is 11.4. The molecule has 0 heterocycles. The third-order valence-electron chi connectivity index (χ3n) is 3.27. The maximum Gasteiger partial charge on any atom is 0.124 e. The Hall–Kier alpha value is -0.640. The van der Waals surface area contributed by atoms with Gasteiger partial charge in [0.05, 0.1) is 5.60 Å². The van der Waals surface area contributed by atoms with Crippen molar-refractivity contribution >= 4 is 11.6 Å². The van der Waals surface area contributed by atoms with Crippen molar-refractivity contribution in [1.29, 1.82) is 0 Å². The minimum atomic E-state index is -0.309. The summed E-state index contributed by atoms with van der Waals surface area (Å²) in [5.74, 6) is -0.309. The number of nitrogens with one attached hydrogen (secondary N) is 1. The third kappa shape index (κ3) is 4.23. The molecule has 102 valence electrons. The van der Waals surface area contributed by atoms with E-state index in [-0.39, 0.29) is 17.5 Å². The van der Waals surface area contributed by atoms with E-state index in [9.17, 15) is 4.39 Å². The maximum absolute atomic E-state index is 13.0. The van der Waals surface area contributed by atoms with Crippen LogP contribution in [0.2, 0.25) is 5.02 Å². The van der Waals surface area contributed by atoms with Crippen molar-refractivity contribution in [3.8, 4) is 0 Å². The molecule has 0 amide bonds. The molecule has 0 aliphatic rings. The van der Waals surface area contributed by atoms with Gasteiger partial charge in [-0.3, -0.25) is 0 Å². The lowest BCUT2D eigenvalue weighted by atomic mass is 9.95. The Labute approximate surface area is 113 Å². The van der Waals surface area contributed by atoms with Crippen molar-refractivity contribution in [3.05, 3.63) is 34.6 Å². The predicted octanol–water partition coefficient (Wildman–Crippen LogP) is 3.94. The molecule has 0 radical (unpaired) electrons. The van der Waals surface area contributed by atoms with Gasteiger partial charge in [-0.2, -0.15) is 0 Å². The molecule has 0 saturated heterocycles. The summed E-state index contributed by atoms with van der Waals surface area (Å²) in [5, 5.41) is 3.68. The van der Waals surface area contributed by atoms with E-state index in [1.807, 2.05) is 20.9 Å². The molecule has 0 saturated carbocycles. The van der Waals surface area contributed by atoms with E-state index in [4.69, 9.17) is 16.3 Å². The quantitative estimate of drug-likeness (QED) is 0.847. The van der Waals surface area contributed by atoms with Crippen molar-refractivity contribution in [2.75, 3.05) is 14.2 Å². The first-order valence-electron chi connectivity index (χ1n) is 6.07. The van der Waals surface area contributed by atoms with Gasteiger partial charge in [0.2, 0.25) is 0 Å². The Morgan fingerprint density at radius 1 is 1.44 bits per heavy atom. The van der Waals surface area contributed by atoms with Crippen LogP contribution >= 0.6 is 11.6 Å². The Bertz CT molecular complexity index is 395. The molecule has 0 spiro atoms. The molecule has 18 heavy (non-hydrogen) atoms. The smallest absolute Gasteiger partial charge is 0.124 e. The Morgan fingerprint density at radius 3 is 2.61 bits per heavy atom. The zero-order chi connectivity index (χ0) is 13.8. The molecule has 1 rings (SSSR count). The van der Waals surface area contributed by atoms with E-state index in [1.165, 1.54) is 12.1 Å². The molecule has 1 N–H and O–H groups in total. The standard InChI is InChI=1S/C14H21ClFNO/c1-14(2,18-4)8-7-13(17-3)11-6-5-10(16)9-12(11)15/h5-6,9,13,17H,7-8H2,1-4H3. The highest BCUT2D eigenvalue weighted by Gasteiger charge is 2.20. The predicted molar refractivity (Wildman–Crippen MR) is 73.5 cm³/mol. The minimum Gasteiger partial charge on any atom is -0.379 e. The Morgan fingerprint density at radius 2 is 2.11 bits per heavy atom. The van der Waals surface area contributed by atoms with E-state index in [0.717, 1.165) is 18.4 Å². The van der Waals surface area contributed by atoms with Crippen LogP contribution in [0, 0.1) is 5.82 Å². The second-order valence-electron chi connectivity index (χ2n) is 5.01. The van der Waals surface area contributed by atoms with Crippen LogP contribution in [0.15, 0.2) is 18.2 Å². The molecular weight excluding hydrogens is 253 g/mol. The summed E-state index contributed by atoms with van der Waals surface area (Å²) in [7, 11) is 3.59. The molecule has 0 aliphatic heterocycles. The molecule has 2 nitrogen and oxygen atoms in total. The van der Waals surface area contributed by atoms with E-state index in [1.54, 1.807) is 13.2 Å². The summed E-state index contributed by atoms with van der Waals surface area (Å²) in [4.78, 5) is 0. The average Bonchev–Trinajstić information content (AvgIpc) is 2.32. The van der Waals surface area contributed by atoms with Gasteiger partial charge in [0.1, 0.15) is 5.82 Å². The van der Waals surface area contributed by atoms with Crippen LogP contribution in [0.1, 0.15) is 38.3 Å². The second-order valence-corrected chi connectivity index (χ2v) is 5.42. The van der Waals surface area contributed by atoms with Gasteiger partial charge in [-0.25, -0.2) is 4.39 Å². The normalized spacial score (nSPS) is 13.7. The van der Waals surface area contributed by atoms with E-state index >= 15 is 0 Å². The maximum atomic E-state index is 13.0. The van der Waals surface area contributed by atoms with Crippen LogP contribution in [0.25, 0.3) is 0 Å². The first-order chi connectivity index (χ1) is 8.39. The summed E-state index contributed by atoms with van der Waals surface area (Å²) in [6, 6.07) is 4.63. The number of hydrogen-bond donors (Lipinski definition) is 1. The SMILES string of the molecule is CNC(CCC(C)(C)OC)c1ccc(F)cc1Cl. The van der Waals surface area contributed by atoms with Crippen LogP contribution < -0.4 is 5.32 Å². The van der Waals surface area contributed by atoms with E-state index in [2.05, 4.69) is 5.32 Å². The summed E-state index contributed by atoms with van der Waals surface area (Å²) < 4.78 is 18.4. The van der Waals surface area contributed by atoms with Crippen molar-refractivity contribution in [2.45, 2.75) is 38.3 Å². The summed E-state index contributed by atoms with van der Waals surface area (Å²) in [6.45, 7) is 4.10. The first kappa shape index (κ1) is 15.4. The van der Waals surface area contributed by atoms with E-state index < -0.39 is 0 Å². The van der Waals surface area contributed by atoms with Crippen molar-refractivity contribution in [2.24, 2.45) is 0 Å². The van der Waals surface area contributed by atoms with Crippen LogP contribution in [-0.4, -0.2) is 19.8 Å². The molecule has 1 aromatic rings. The number of halogens is 2. The summed E-state index contributed by atoms with van der Waals surface area (Å²) in [6.07, 6.45) is 1.77. The minimum absolute atomic E-state index is 0.104. The summed E-state index contributed by atoms with van der Waals surface area (Å²) >= 11 is 6.08. The molecule has 1 aromatic carbocycles. The Kier molecular flexibility index (Phi) is 5.57. The van der Waals surface area contributed by atoms with Crippen molar-refractivity contribution < 1.29 is 9.13 Å². The molecule has 0 aliphatic carbocycles. The number of hydrogen-bond acceptors (Lipinski definition) is 2. The fourth-order valence-electron chi connectivity index (χ4n) is 1.83.